The van der Waals surface area contributed by atoms with Crippen LogP contribution in [0, 0.1) is 12.8 Å². The van der Waals surface area contributed by atoms with E-state index in [1.807, 2.05) is 31.2 Å². The van der Waals surface area contributed by atoms with Gasteiger partial charge in [-0.2, -0.15) is 0 Å². The molecule has 1 heterocycles. The number of pyridine rings is 1. The first-order chi connectivity index (χ1) is 11.0. The van der Waals surface area contributed by atoms with Gasteiger partial charge in [0.15, 0.2) is 0 Å². The smallest absolute Gasteiger partial charge is 0.253 e. The zero-order valence-electron chi connectivity index (χ0n) is 12.9. The Morgan fingerprint density at radius 1 is 1.35 bits per heavy atom. The third-order valence-electron chi connectivity index (χ3n) is 4.28. The molecule has 1 fully saturated rings. The lowest BCUT2D eigenvalue weighted by Crippen LogP contribution is -2.41. The van der Waals surface area contributed by atoms with Crippen LogP contribution < -0.4 is 5.32 Å². The van der Waals surface area contributed by atoms with Gasteiger partial charge < -0.3 is 10.4 Å². The zero-order chi connectivity index (χ0) is 16.4. The first-order valence-electron chi connectivity index (χ1n) is 7.70. The molecule has 1 atom stereocenters. The highest BCUT2D eigenvalue weighted by Gasteiger charge is 2.36. The molecule has 0 aliphatic heterocycles. The van der Waals surface area contributed by atoms with Gasteiger partial charge in [-0.3, -0.25) is 9.78 Å². The second kappa shape index (κ2) is 6.69. The maximum atomic E-state index is 12.6. The first-order valence-corrected chi connectivity index (χ1v) is 8.08. The van der Waals surface area contributed by atoms with Crippen molar-refractivity contribution in [2.45, 2.75) is 31.9 Å². The van der Waals surface area contributed by atoms with Crippen molar-refractivity contribution in [1.29, 1.82) is 0 Å². The highest BCUT2D eigenvalue weighted by Crippen LogP contribution is 2.37. The minimum Gasteiger partial charge on any atom is -0.393 e. The molecule has 0 spiro atoms. The van der Waals surface area contributed by atoms with E-state index >= 15 is 0 Å². The van der Waals surface area contributed by atoms with Crippen LogP contribution in [0.4, 0.5) is 0 Å². The quantitative estimate of drug-likeness (QED) is 0.904. The molecule has 1 aromatic heterocycles. The van der Waals surface area contributed by atoms with Gasteiger partial charge in [0, 0.05) is 6.20 Å². The predicted octanol–water partition coefficient (Wildman–Crippen LogP) is 3.29. The fourth-order valence-electron chi connectivity index (χ4n) is 2.93. The molecule has 3 rings (SSSR count). The Morgan fingerprint density at radius 2 is 2.13 bits per heavy atom. The monoisotopic (exact) mass is 330 g/mol. The van der Waals surface area contributed by atoms with Crippen molar-refractivity contribution in [3.8, 4) is 0 Å². The summed E-state index contributed by atoms with van der Waals surface area (Å²) in [4.78, 5) is 17.0. The highest BCUT2D eigenvalue weighted by atomic mass is 35.5. The number of hydrogen-bond donors (Lipinski definition) is 2. The molecular formula is C18H19ClN2O2. The number of aliphatic hydroxyl groups excluding tert-OH is 1. The standard InChI is InChI=1S/C18H19ClN2O2/c1-11-5-6-15(19)14(8-11)18(23)21-17(12-9-13(22)10-12)16-4-2-3-7-20-16/h2-8,12-13,17,22H,9-10H2,1H3,(H,21,23). The van der Waals surface area contributed by atoms with Crippen LogP contribution in [-0.2, 0) is 0 Å². The molecule has 1 saturated carbocycles. The number of aromatic nitrogens is 1. The van der Waals surface area contributed by atoms with Gasteiger partial charge in [0.2, 0.25) is 0 Å². The van der Waals surface area contributed by atoms with E-state index in [0.29, 0.717) is 23.4 Å². The molecule has 4 nitrogen and oxygen atoms in total. The van der Waals surface area contributed by atoms with Gasteiger partial charge in [-0.05, 0) is 49.9 Å². The van der Waals surface area contributed by atoms with Gasteiger partial charge in [-0.1, -0.05) is 29.3 Å². The van der Waals surface area contributed by atoms with E-state index in [1.54, 1.807) is 18.3 Å². The van der Waals surface area contributed by atoms with E-state index in [-0.39, 0.29) is 24.0 Å². The van der Waals surface area contributed by atoms with E-state index in [4.69, 9.17) is 11.6 Å². The molecule has 23 heavy (non-hydrogen) atoms. The average Bonchev–Trinajstić information content (AvgIpc) is 2.53. The lowest BCUT2D eigenvalue weighted by atomic mass is 9.76. The number of rotatable bonds is 4. The van der Waals surface area contributed by atoms with Crippen molar-refractivity contribution in [3.05, 3.63) is 64.4 Å². The van der Waals surface area contributed by atoms with Crippen molar-refractivity contribution in [3.63, 3.8) is 0 Å². The highest BCUT2D eigenvalue weighted by molar-refractivity contribution is 6.33. The maximum Gasteiger partial charge on any atom is 0.253 e. The number of amides is 1. The zero-order valence-corrected chi connectivity index (χ0v) is 13.6. The van der Waals surface area contributed by atoms with Crippen LogP contribution in [0.1, 0.15) is 40.5 Å². The Balaban J connectivity index is 1.83. The summed E-state index contributed by atoms with van der Waals surface area (Å²) in [5.41, 5.74) is 2.25. The summed E-state index contributed by atoms with van der Waals surface area (Å²) in [7, 11) is 0. The number of carbonyl (C=O) groups excluding carboxylic acids is 1. The molecule has 2 aromatic rings. The summed E-state index contributed by atoms with van der Waals surface area (Å²) in [6, 6.07) is 10.8. The molecule has 2 N–H and O–H groups in total. The molecule has 0 saturated heterocycles. The van der Waals surface area contributed by atoms with Gasteiger partial charge >= 0.3 is 0 Å². The van der Waals surface area contributed by atoms with E-state index in [2.05, 4.69) is 10.3 Å². The molecule has 0 radical (unpaired) electrons. The Bertz CT molecular complexity index is 699. The van der Waals surface area contributed by atoms with Crippen molar-refractivity contribution in [2.75, 3.05) is 0 Å². The number of halogens is 1. The summed E-state index contributed by atoms with van der Waals surface area (Å²) in [6.07, 6.45) is 2.76. The summed E-state index contributed by atoms with van der Waals surface area (Å²) in [5.74, 6) is -0.0248. The predicted molar refractivity (Wildman–Crippen MR) is 89.4 cm³/mol. The molecule has 1 amide bonds. The minimum absolute atomic E-state index is 0.187. The summed E-state index contributed by atoms with van der Waals surface area (Å²) in [5, 5.41) is 13.1. The summed E-state index contributed by atoms with van der Waals surface area (Å²) >= 11 is 6.15. The third-order valence-corrected chi connectivity index (χ3v) is 4.61. The number of benzene rings is 1. The Kier molecular flexibility index (Phi) is 4.64. The largest absolute Gasteiger partial charge is 0.393 e. The van der Waals surface area contributed by atoms with Crippen LogP contribution in [0.15, 0.2) is 42.6 Å². The average molecular weight is 331 g/mol. The summed E-state index contributed by atoms with van der Waals surface area (Å²) < 4.78 is 0. The van der Waals surface area contributed by atoms with Gasteiger partial charge in [-0.25, -0.2) is 0 Å². The fraction of sp³-hybridized carbons (Fsp3) is 0.333. The van der Waals surface area contributed by atoms with E-state index in [9.17, 15) is 9.90 Å². The minimum atomic E-state index is -0.286. The van der Waals surface area contributed by atoms with Crippen LogP contribution >= 0.6 is 11.6 Å². The van der Waals surface area contributed by atoms with Gasteiger partial charge in [0.1, 0.15) is 0 Å². The lowest BCUT2D eigenvalue weighted by molar-refractivity contribution is 0.0228. The Hall–Kier alpha value is -1.91. The second-order valence-electron chi connectivity index (χ2n) is 6.07. The number of carbonyl (C=O) groups is 1. The van der Waals surface area contributed by atoms with Crippen LogP contribution in [0.5, 0.6) is 0 Å². The molecule has 1 aliphatic carbocycles. The van der Waals surface area contributed by atoms with Crippen molar-refractivity contribution >= 4 is 17.5 Å². The van der Waals surface area contributed by atoms with Crippen LogP contribution in [0.25, 0.3) is 0 Å². The van der Waals surface area contributed by atoms with Crippen LogP contribution in [0.3, 0.4) is 0 Å². The maximum absolute atomic E-state index is 12.6. The van der Waals surface area contributed by atoms with Crippen molar-refractivity contribution < 1.29 is 9.90 Å². The van der Waals surface area contributed by atoms with Crippen molar-refractivity contribution in [2.24, 2.45) is 5.92 Å². The second-order valence-corrected chi connectivity index (χ2v) is 6.48. The number of nitrogens with one attached hydrogen (secondary N) is 1. The van der Waals surface area contributed by atoms with Crippen molar-refractivity contribution in [1.82, 2.24) is 10.3 Å². The Morgan fingerprint density at radius 3 is 2.78 bits per heavy atom. The molecule has 0 bridgehead atoms. The normalized spacial score (nSPS) is 21.3. The molecule has 1 aliphatic rings. The van der Waals surface area contributed by atoms with Gasteiger partial charge in [0.25, 0.3) is 5.91 Å². The van der Waals surface area contributed by atoms with E-state index in [1.165, 1.54) is 0 Å². The van der Waals surface area contributed by atoms with Crippen LogP contribution in [-0.4, -0.2) is 22.1 Å². The molecular weight excluding hydrogens is 312 g/mol. The Labute approximate surface area is 140 Å². The SMILES string of the molecule is Cc1ccc(Cl)c(C(=O)NC(c2ccccn2)C2CC(O)C2)c1. The molecule has 1 unspecified atom stereocenters. The molecule has 5 heteroatoms. The number of hydrogen-bond acceptors (Lipinski definition) is 3. The third kappa shape index (κ3) is 3.54. The topological polar surface area (TPSA) is 62.2 Å². The number of nitrogens with zero attached hydrogens (tertiary/aromatic N) is 1. The lowest BCUT2D eigenvalue weighted by Gasteiger charge is -2.37. The van der Waals surface area contributed by atoms with Gasteiger partial charge in [-0.15, -0.1) is 0 Å². The fourth-order valence-corrected chi connectivity index (χ4v) is 3.13. The van der Waals surface area contributed by atoms with Crippen LogP contribution in [0.2, 0.25) is 5.02 Å². The van der Waals surface area contributed by atoms with Gasteiger partial charge in [0.05, 0.1) is 28.4 Å². The first kappa shape index (κ1) is 16.0. The number of aryl methyl sites for hydroxylation is 1. The van der Waals surface area contributed by atoms with E-state index < -0.39 is 0 Å². The number of aliphatic hydroxyl groups is 1. The molecule has 120 valence electrons. The molecule has 1 aromatic carbocycles. The summed E-state index contributed by atoms with van der Waals surface area (Å²) in [6.45, 7) is 1.92. The van der Waals surface area contributed by atoms with E-state index in [0.717, 1.165) is 11.3 Å².